The largest absolute Gasteiger partial charge is 0.342 e. The standard InChI is InChI=1S/C12H28BN/c1-9-14(10-2)13(11(3,4)5)12(6,7)8/h9-10H2,1-8H3. The van der Waals surface area contributed by atoms with E-state index >= 15 is 0 Å². The summed E-state index contributed by atoms with van der Waals surface area (Å²) in [5, 5.41) is 0.703. The third kappa shape index (κ3) is 3.64. The monoisotopic (exact) mass is 197 g/mol. The highest BCUT2D eigenvalue weighted by Crippen LogP contribution is 2.43. The molecule has 2 heteroatoms. The highest BCUT2D eigenvalue weighted by atomic mass is 15.1. The Labute approximate surface area is 91.4 Å². The van der Waals surface area contributed by atoms with Crippen LogP contribution in [0.1, 0.15) is 55.4 Å². The van der Waals surface area contributed by atoms with Crippen LogP contribution < -0.4 is 0 Å². The molecule has 0 atom stereocenters. The molecular weight excluding hydrogens is 169 g/mol. The first-order chi connectivity index (χ1) is 6.14. The molecule has 0 aliphatic heterocycles. The second-order valence-corrected chi connectivity index (χ2v) is 6.36. The van der Waals surface area contributed by atoms with Crippen molar-refractivity contribution in [3.05, 3.63) is 0 Å². The second-order valence-electron chi connectivity index (χ2n) is 6.36. The van der Waals surface area contributed by atoms with E-state index in [-0.39, 0.29) is 0 Å². The fourth-order valence-electron chi connectivity index (χ4n) is 2.98. The van der Waals surface area contributed by atoms with E-state index in [1.807, 2.05) is 0 Å². The van der Waals surface area contributed by atoms with Crippen LogP contribution in [0.5, 0.6) is 0 Å². The highest BCUT2D eigenvalue weighted by molar-refractivity contribution is 6.62. The van der Waals surface area contributed by atoms with Crippen molar-refractivity contribution < 1.29 is 0 Å². The zero-order valence-electron chi connectivity index (χ0n) is 11.4. The molecule has 0 aromatic heterocycles. The Hall–Kier alpha value is 0.0249. The molecule has 0 aliphatic rings. The molecule has 0 heterocycles. The van der Waals surface area contributed by atoms with Crippen molar-refractivity contribution in [2.24, 2.45) is 0 Å². The van der Waals surface area contributed by atoms with Gasteiger partial charge in [0, 0.05) is 0 Å². The maximum absolute atomic E-state index is 2.58. The lowest BCUT2D eigenvalue weighted by atomic mass is 9.30. The summed E-state index contributed by atoms with van der Waals surface area (Å²) >= 11 is 0. The number of hydrogen-bond donors (Lipinski definition) is 0. The van der Waals surface area contributed by atoms with Crippen molar-refractivity contribution in [3.8, 4) is 0 Å². The Balaban J connectivity index is 4.91. The molecule has 0 radical (unpaired) electrons. The first-order valence-corrected chi connectivity index (χ1v) is 5.88. The normalized spacial score (nSPS) is 13.5. The summed E-state index contributed by atoms with van der Waals surface area (Å²) in [6.07, 6.45) is 0. The van der Waals surface area contributed by atoms with E-state index in [0.717, 1.165) is 13.1 Å². The molecule has 84 valence electrons. The summed E-state index contributed by atoms with van der Waals surface area (Å²) in [7, 11) is 0. The molecule has 1 nitrogen and oxygen atoms in total. The van der Waals surface area contributed by atoms with Gasteiger partial charge in [-0.15, -0.1) is 0 Å². The Bertz CT molecular complexity index is 146. The van der Waals surface area contributed by atoms with Crippen molar-refractivity contribution in [2.75, 3.05) is 13.1 Å². The third-order valence-electron chi connectivity index (χ3n) is 2.82. The molecular formula is C12H28BN. The Morgan fingerprint density at radius 3 is 1.14 bits per heavy atom. The van der Waals surface area contributed by atoms with Gasteiger partial charge >= 0.3 is 0 Å². The zero-order valence-corrected chi connectivity index (χ0v) is 11.4. The predicted molar refractivity (Wildman–Crippen MR) is 68.1 cm³/mol. The molecule has 0 rings (SSSR count). The first kappa shape index (κ1) is 14.0. The van der Waals surface area contributed by atoms with Gasteiger partial charge in [-0.2, -0.15) is 0 Å². The van der Waals surface area contributed by atoms with Gasteiger partial charge in [0.25, 0.3) is 0 Å². The van der Waals surface area contributed by atoms with E-state index in [2.05, 4.69) is 60.2 Å². The average Bonchev–Trinajstić information content (AvgIpc) is 1.94. The van der Waals surface area contributed by atoms with E-state index in [9.17, 15) is 0 Å². The van der Waals surface area contributed by atoms with Crippen molar-refractivity contribution in [3.63, 3.8) is 0 Å². The van der Waals surface area contributed by atoms with Crippen LogP contribution in [0.4, 0.5) is 0 Å². The van der Waals surface area contributed by atoms with Crippen LogP contribution in [0.15, 0.2) is 0 Å². The highest BCUT2D eigenvalue weighted by Gasteiger charge is 2.42. The van der Waals surface area contributed by atoms with Crippen molar-refractivity contribution in [1.29, 1.82) is 0 Å². The van der Waals surface area contributed by atoms with Gasteiger partial charge in [0.2, 0.25) is 6.85 Å². The molecule has 14 heavy (non-hydrogen) atoms. The molecule has 0 saturated carbocycles. The lowest BCUT2D eigenvalue weighted by Crippen LogP contribution is -2.51. The first-order valence-electron chi connectivity index (χ1n) is 5.88. The number of nitrogens with zero attached hydrogens (tertiary/aromatic N) is 1. The predicted octanol–water partition coefficient (Wildman–Crippen LogP) is 3.92. The molecule has 0 aromatic carbocycles. The van der Waals surface area contributed by atoms with Gasteiger partial charge in [0.1, 0.15) is 0 Å². The van der Waals surface area contributed by atoms with Crippen LogP contribution in [0.3, 0.4) is 0 Å². The van der Waals surface area contributed by atoms with Crippen LogP contribution in [-0.4, -0.2) is 24.7 Å². The lowest BCUT2D eigenvalue weighted by Gasteiger charge is -2.44. The Morgan fingerprint density at radius 2 is 1.07 bits per heavy atom. The van der Waals surface area contributed by atoms with Crippen LogP contribution in [-0.2, 0) is 0 Å². The van der Waals surface area contributed by atoms with E-state index in [1.165, 1.54) is 0 Å². The molecule has 0 fully saturated rings. The summed E-state index contributed by atoms with van der Waals surface area (Å²) in [6, 6.07) is 0. The molecule has 0 unspecified atom stereocenters. The van der Waals surface area contributed by atoms with Crippen LogP contribution in [0.2, 0.25) is 10.6 Å². The molecule has 0 amide bonds. The van der Waals surface area contributed by atoms with Crippen molar-refractivity contribution in [2.45, 2.75) is 66.0 Å². The van der Waals surface area contributed by atoms with Crippen LogP contribution in [0, 0.1) is 0 Å². The molecule has 0 aliphatic carbocycles. The van der Waals surface area contributed by atoms with Gasteiger partial charge in [-0.05, 0) is 23.7 Å². The van der Waals surface area contributed by atoms with Gasteiger partial charge in [-0.25, -0.2) is 0 Å². The van der Waals surface area contributed by atoms with Gasteiger partial charge < -0.3 is 4.81 Å². The lowest BCUT2D eigenvalue weighted by molar-refractivity contribution is 0.420. The molecule has 0 aromatic rings. The Kier molecular flexibility index (Phi) is 4.71. The maximum Gasteiger partial charge on any atom is 0.234 e. The minimum absolute atomic E-state index is 0.351. The molecule has 0 N–H and O–H groups in total. The molecule has 0 spiro atoms. The smallest absolute Gasteiger partial charge is 0.234 e. The fourth-order valence-corrected chi connectivity index (χ4v) is 2.98. The minimum Gasteiger partial charge on any atom is -0.342 e. The summed E-state index contributed by atoms with van der Waals surface area (Å²) in [6.45, 7) is 21.5. The van der Waals surface area contributed by atoms with Gasteiger partial charge in [-0.3, -0.25) is 0 Å². The average molecular weight is 197 g/mol. The molecule has 0 saturated heterocycles. The van der Waals surface area contributed by atoms with Gasteiger partial charge in [-0.1, -0.05) is 55.4 Å². The quantitative estimate of drug-likeness (QED) is 0.620. The van der Waals surface area contributed by atoms with E-state index < -0.39 is 0 Å². The summed E-state index contributed by atoms with van der Waals surface area (Å²) in [5.41, 5.74) is 0. The zero-order chi connectivity index (χ0) is 11.6. The summed E-state index contributed by atoms with van der Waals surface area (Å²) in [5.74, 6) is 0. The topological polar surface area (TPSA) is 3.24 Å². The van der Waals surface area contributed by atoms with Crippen LogP contribution in [0.25, 0.3) is 0 Å². The summed E-state index contributed by atoms with van der Waals surface area (Å²) < 4.78 is 0. The van der Waals surface area contributed by atoms with Gasteiger partial charge in [0.05, 0.1) is 0 Å². The number of hydrogen-bond acceptors (Lipinski definition) is 1. The fraction of sp³-hybridized carbons (Fsp3) is 1.00. The van der Waals surface area contributed by atoms with E-state index in [0.29, 0.717) is 17.5 Å². The minimum atomic E-state index is 0.351. The maximum atomic E-state index is 2.58. The number of rotatable bonds is 3. The Morgan fingerprint density at radius 1 is 0.786 bits per heavy atom. The van der Waals surface area contributed by atoms with E-state index in [1.54, 1.807) is 0 Å². The second kappa shape index (κ2) is 4.70. The van der Waals surface area contributed by atoms with Crippen molar-refractivity contribution in [1.82, 2.24) is 4.81 Å². The summed E-state index contributed by atoms with van der Waals surface area (Å²) in [4.78, 5) is 2.58. The molecule has 0 bridgehead atoms. The van der Waals surface area contributed by atoms with Crippen LogP contribution >= 0.6 is 0 Å². The van der Waals surface area contributed by atoms with Gasteiger partial charge in [0.15, 0.2) is 0 Å². The van der Waals surface area contributed by atoms with E-state index in [4.69, 9.17) is 0 Å². The van der Waals surface area contributed by atoms with Crippen molar-refractivity contribution >= 4 is 6.85 Å². The SMILES string of the molecule is CCN(CC)B(C(C)(C)C)C(C)(C)C. The third-order valence-corrected chi connectivity index (χ3v) is 2.82.